The van der Waals surface area contributed by atoms with Gasteiger partial charge in [0.15, 0.2) is 0 Å². The first-order valence-electron chi connectivity index (χ1n) is 13.6. The van der Waals surface area contributed by atoms with Crippen LogP contribution in [0, 0.1) is 48.9 Å². The molecule has 0 spiro atoms. The quantitative estimate of drug-likeness (QED) is 0.256. The first-order chi connectivity index (χ1) is 20.3. The van der Waals surface area contributed by atoms with Gasteiger partial charge in [0.2, 0.25) is 0 Å². The maximum absolute atomic E-state index is 9.03. The molecule has 1 nitrogen and oxygen atoms in total. The summed E-state index contributed by atoms with van der Waals surface area (Å²) >= 11 is 11.1. The van der Waals surface area contributed by atoms with Gasteiger partial charge in [0.1, 0.15) is 0 Å². The van der Waals surface area contributed by atoms with Gasteiger partial charge in [-0.2, -0.15) is 5.26 Å². The van der Waals surface area contributed by atoms with E-state index in [4.69, 9.17) is 5.26 Å². The van der Waals surface area contributed by atoms with E-state index in [0.717, 1.165) is 28.2 Å². The van der Waals surface area contributed by atoms with Crippen LogP contribution in [0.5, 0.6) is 0 Å². The van der Waals surface area contributed by atoms with Gasteiger partial charge in [0.25, 0.3) is 0 Å². The fourth-order valence-electron chi connectivity index (χ4n) is 5.00. The Morgan fingerprint density at radius 2 is 1.10 bits per heavy atom. The number of thiophene rings is 2. The molecule has 208 valence electrons. The lowest BCUT2D eigenvalue weighted by Crippen LogP contribution is -1.86. The van der Waals surface area contributed by atoms with Crippen molar-refractivity contribution < 1.29 is 0 Å². The van der Waals surface area contributed by atoms with Crippen LogP contribution in [0.3, 0.4) is 0 Å². The lowest BCUT2D eigenvalue weighted by Gasteiger charge is -2.07. The molecule has 42 heavy (non-hydrogen) atoms. The molecule has 6 rings (SSSR count). The number of hydrogen-bond acceptors (Lipinski definition) is 7. The predicted octanol–water partition coefficient (Wildman–Crippen LogP) is 11.7. The normalized spacial score (nSPS) is 16.7. The molecule has 0 saturated heterocycles. The monoisotopic (exact) mass is 653 g/mol. The van der Waals surface area contributed by atoms with Crippen molar-refractivity contribution in [2.24, 2.45) is 0 Å². The third kappa shape index (κ3) is 6.27. The molecule has 0 atom stereocenters. The molecule has 3 aromatic rings. The van der Waals surface area contributed by atoms with Crippen molar-refractivity contribution in [2.45, 2.75) is 53.9 Å². The highest BCUT2D eigenvalue weighted by Gasteiger charge is 2.26. The van der Waals surface area contributed by atoms with Crippen LogP contribution in [0.25, 0.3) is 11.1 Å². The van der Waals surface area contributed by atoms with E-state index in [-0.39, 0.29) is 0 Å². The van der Waals surface area contributed by atoms with Gasteiger partial charge >= 0.3 is 0 Å². The molecule has 0 N–H and O–H groups in total. The van der Waals surface area contributed by atoms with E-state index >= 15 is 0 Å². The summed E-state index contributed by atoms with van der Waals surface area (Å²) in [6.45, 7) is 11.1. The standard InChI is InChI=1S/C35H27NS6/c1-20-21(2)40-34(39-20)35-41-24(5)33(42-35)16-15-28-18-32(23(4)38-28)30-8-6-7-29(30)31-17-27(37-22(31)3)14-13-25-9-11-26(19-36)12-10-25/h9-12,17-18H,6-8H2,1-5H3. The second kappa shape index (κ2) is 12.7. The highest BCUT2D eigenvalue weighted by molar-refractivity contribution is 8.34. The lowest BCUT2D eigenvalue weighted by molar-refractivity contribution is 0.941. The molecule has 3 aliphatic rings. The summed E-state index contributed by atoms with van der Waals surface area (Å²) < 4.78 is 2.78. The summed E-state index contributed by atoms with van der Waals surface area (Å²) in [7, 11) is 0. The Morgan fingerprint density at radius 3 is 1.67 bits per heavy atom. The molecular weight excluding hydrogens is 627 g/mol. The number of nitriles is 1. The van der Waals surface area contributed by atoms with Gasteiger partial charge in [0, 0.05) is 20.2 Å². The van der Waals surface area contributed by atoms with Crippen LogP contribution in [0.4, 0.5) is 0 Å². The molecule has 0 fully saturated rings. The second-order valence-electron chi connectivity index (χ2n) is 10.1. The predicted molar refractivity (Wildman–Crippen MR) is 191 cm³/mol. The van der Waals surface area contributed by atoms with Crippen molar-refractivity contribution >= 4 is 80.9 Å². The zero-order valence-corrected chi connectivity index (χ0v) is 28.9. The van der Waals surface area contributed by atoms with Gasteiger partial charge in [-0.25, -0.2) is 0 Å². The molecule has 7 heteroatoms. The van der Waals surface area contributed by atoms with Crippen molar-refractivity contribution in [1.29, 1.82) is 5.26 Å². The second-order valence-corrected chi connectivity index (χ2v) is 17.9. The molecular formula is C35H27NS6. The summed E-state index contributed by atoms with van der Waals surface area (Å²) in [6, 6.07) is 14.2. The third-order valence-corrected chi connectivity index (χ3v) is 14.9. The maximum Gasteiger partial charge on any atom is 0.0991 e. The molecule has 2 aliphatic heterocycles. The molecule has 0 radical (unpaired) electrons. The number of thioether (sulfide) groups is 4. The van der Waals surface area contributed by atoms with E-state index < -0.39 is 0 Å². The van der Waals surface area contributed by atoms with Crippen molar-refractivity contribution in [2.75, 3.05) is 0 Å². The Morgan fingerprint density at radius 1 is 0.595 bits per heavy atom. The zero-order valence-electron chi connectivity index (χ0n) is 24.0. The van der Waals surface area contributed by atoms with Crippen molar-refractivity contribution in [3.05, 3.63) is 106 Å². The Bertz CT molecular complexity index is 1890. The number of nitrogens with zero attached hydrogens (tertiary/aromatic N) is 1. The Kier molecular flexibility index (Phi) is 8.95. The highest BCUT2D eigenvalue weighted by atomic mass is 32.2. The Hall–Kier alpha value is -2.41. The van der Waals surface area contributed by atoms with E-state index in [2.05, 4.69) is 76.5 Å². The van der Waals surface area contributed by atoms with Crippen LogP contribution >= 0.6 is 69.7 Å². The summed E-state index contributed by atoms with van der Waals surface area (Å²) in [5, 5.41) is 9.03. The van der Waals surface area contributed by atoms with E-state index in [1.54, 1.807) is 11.3 Å². The summed E-state index contributed by atoms with van der Waals surface area (Å²) in [5.41, 5.74) is 7.25. The van der Waals surface area contributed by atoms with Gasteiger partial charge in [0.05, 0.1) is 34.8 Å². The van der Waals surface area contributed by atoms with Crippen molar-refractivity contribution in [3.63, 3.8) is 0 Å². The number of benzene rings is 1. The minimum Gasteiger partial charge on any atom is -0.192 e. The number of allylic oxidation sites excluding steroid dienone is 6. The molecule has 1 aromatic carbocycles. The molecule has 1 aliphatic carbocycles. The van der Waals surface area contributed by atoms with Crippen LogP contribution in [0.1, 0.15) is 81.8 Å². The van der Waals surface area contributed by atoms with E-state index in [1.807, 2.05) is 82.6 Å². The van der Waals surface area contributed by atoms with E-state index in [1.165, 1.54) is 66.5 Å². The van der Waals surface area contributed by atoms with Crippen LogP contribution in [-0.4, -0.2) is 0 Å². The number of hydrogen-bond donors (Lipinski definition) is 0. The largest absolute Gasteiger partial charge is 0.192 e. The van der Waals surface area contributed by atoms with Crippen LogP contribution < -0.4 is 0 Å². The van der Waals surface area contributed by atoms with Gasteiger partial charge in [-0.15, -0.1) is 22.7 Å². The average Bonchev–Trinajstić information content (AvgIpc) is 3.80. The summed E-state index contributed by atoms with van der Waals surface area (Å²) in [6.07, 6.45) is 3.40. The third-order valence-electron chi connectivity index (χ3n) is 7.26. The van der Waals surface area contributed by atoms with Crippen LogP contribution in [0.15, 0.2) is 64.5 Å². The van der Waals surface area contributed by atoms with Crippen molar-refractivity contribution in [1.82, 2.24) is 0 Å². The van der Waals surface area contributed by atoms with E-state index in [0.29, 0.717) is 5.56 Å². The SMILES string of the molecule is CC1=C(C)SC(=C2SC(C)=C(C#Cc3cc(C4=C(c5cc(C#Cc6ccc(C#N)cc6)sc5C)CCC4)c(C)s3)S2)S1. The summed E-state index contributed by atoms with van der Waals surface area (Å²) in [5.74, 6) is 13.7. The van der Waals surface area contributed by atoms with Gasteiger partial charge in [-0.05, 0) is 122 Å². The maximum atomic E-state index is 9.03. The zero-order chi connectivity index (χ0) is 29.4. The Labute approximate surface area is 274 Å². The minimum absolute atomic E-state index is 0.657. The van der Waals surface area contributed by atoms with E-state index in [9.17, 15) is 0 Å². The summed E-state index contributed by atoms with van der Waals surface area (Å²) in [4.78, 5) is 10.2. The van der Waals surface area contributed by atoms with Crippen LogP contribution in [-0.2, 0) is 0 Å². The number of rotatable bonds is 2. The average molecular weight is 654 g/mol. The minimum atomic E-state index is 0.657. The fraction of sp³-hybridized carbons (Fsp3) is 0.229. The first kappa shape index (κ1) is 29.7. The molecule has 0 amide bonds. The van der Waals surface area contributed by atoms with Gasteiger partial charge < -0.3 is 0 Å². The van der Waals surface area contributed by atoms with Gasteiger partial charge in [-0.3, -0.25) is 0 Å². The van der Waals surface area contributed by atoms with Crippen molar-refractivity contribution in [3.8, 4) is 29.8 Å². The Balaban J connectivity index is 1.23. The fourth-order valence-corrected chi connectivity index (χ4v) is 12.0. The molecule has 4 heterocycles. The van der Waals surface area contributed by atoms with Crippen LogP contribution in [0.2, 0.25) is 0 Å². The molecule has 0 bridgehead atoms. The molecule has 2 aromatic heterocycles. The molecule has 0 saturated carbocycles. The molecule has 0 unspecified atom stereocenters. The smallest absolute Gasteiger partial charge is 0.0991 e. The first-order valence-corrected chi connectivity index (χ1v) is 18.5. The topological polar surface area (TPSA) is 23.8 Å². The highest BCUT2D eigenvalue weighted by Crippen LogP contribution is 2.59. The number of aryl methyl sites for hydroxylation is 2. The lowest BCUT2D eigenvalue weighted by atomic mass is 9.97. The van der Waals surface area contributed by atoms with Gasteiger partial charge in [-0.1, -0.05) is 70.7 Å².